The Kier molecular flexibility index (Phi) is 7.62. The summed E-state index contributed by atoms with van der Waals surface area (Å²) in [6, 6.07) is 19.5. The maximum atomic E-state index is 14.0. The van der Waals surface area contributed by atoms with Crippen LogP contribution in [0.15, 0.2) is 87.3 Å². The second-order valence-corrected chi connectivity index (χ2v) is 14.0. The third kappa shape index (κ3) is 5.21. The van der Waals surface area contributed by atoms with Crippen LogP contribution in [0, 0.1) is 5.21 Å². The molecule has 8 rings (SSSR count). The predicted octanol–water partition coefficient (Wildman–Crippen LogP) is 4.27. The molecule has 3 aromatic carbocycles. The number of nitrogens with one attached hydrogen (secondary N) is 1. The Morgan fingerprint density at radius 1 is 0.959 bits per heavy atom. The van der Waals surface area contributed by atoms with Gasteiger partial charge >= 0.3 is 16.9 Å². The number of sulfone groups is 1. The molecular weight excluding hydrogens is 654 g/mol. The van der Waals surface area contributed by atoms with Crippen molar-refractivity contribution in [2.24, 2.45) is 0 Å². The van der Waals surface area contributed by atoms with Gasteiger partial charge in [-0.2, -0.15) is 0 Å². The van der Waals surface area contributed by atoms with Crippen molar-refractivity contribution in [3.63, 3.8) is 0 Å². The molecule has 0 bridgehead atoms. The molecule has 0 spiro atoms. The number of para-hydroxylation sites is 1. The fraction of sp³-hybridized carbons (Fsp3) is 0.294. The lowest BCUT2D eigenvalue weighted by Gasteiger charge is -2.36. The molecule has 0 saturated carbocycles. The first-order valence-corrected chi connectivity index (χ1v) is 17.5. The van der Waals surface area contributed by atoms with Crippen LogP contribution in [0.4, 0.5) is 4.79 Å². The summed E-state index contributed by atoms with van der Waals surface area (Å²) in [6.45, 7) is 0.472. The normalized spacial score (nSPS) is 18.3. The van der Waals surface area contributed by atoms with Gasteiger partial charge in [-0.3, -0.25) is 19.2 Å². The van der Waals surface area contributed by atoms with Crippen LogP contribution >= 0.6 is 0 Å². The molecule has 3 amide bonds. The number of carbonyl (C=O) groups is 2. The van der Waals surface area contributed by atoms with Gasteiger partial charge in [0.1, 0.15) is 12.1 Å². The van der Waals surface area contributed by atoms with Crippen molar-refractivity contribution in [2.45, 2.75) is 54.1 Å². The van der Waals surface area contributed by atoms with E-state index >= 15 is 0 Å². The van der Waals surface area contributed by atoms with E-state index in [2.05, 4.69) is 14.8 Å². The third-order valence-electron chi connectivity index (χ3n) is 9.22. The SMILES string of the molecule is O=C1[C@@H]2Cc3c([nH]c4ccccc34)[C@@H](c3ccc4c(c3)OCO4)N2C(=O)N1CCCCCCOc1no[n+]([O-])c1S(=O)(=O)c1ccccc1. The number of fused-ring (bicyclic) bond motifs is 5. The van der Waals surface area contributed by atoms with Crippen LogP contribution in [-0.2, 0) is 21.1 Å². The summed E-state index contributed by atoms with van der Waals surface area (Å²) in [5.41, 5.74) is 3.68. The highest BCUT2D eigenvalue weighted by atomic mass is 32.2. The molecule has 1 saturated heterocycles. The zero-order valence-electron chi connectivity index (χ0n) is 26.1. The Morgan fingerprint density at radius 2 is 1.73 bits per heavy atom. The molecule has 2 atom stereocenters. The number of benzene rings is 3. The van der Waals surface area contributed by atoms with Crippen LogP contribution in [0.25, 0.3) is 10.9 Å². The molecule has 14 nitrogen and oxygen atoms in total. The van der Waals surface area contributed by atoms with Gasteiger partial charge in [0.15, 0.2) is 11.5 Å². The van der Waals surface area contributed by atoms with Crippen LogP contribution in [0.1, 0.15) is 48.5 Å². The molecule has 0 aliphatic carbocycles. The third-order valence-corrected chi connectivity index (χ3v) is 10.9. The molecule has 5 heterocycles. The number of amides is 3. The van der Waals surface area contributed by atoms with E-state index in [-0.39, 0.29) is 41.7 Å². The van der Waals surface area contributed by atoms with Gasteiger partial charge in [-0.25, -0.2) is 13.2 Å². The Hall–Kier alpha value is -5.57. The lowest BCUT2D eigenvalue weighted by atomic mass is 9.88. The first kappa shape index (κ1) is 30.7. The molecule has 1 fully saturated rings. The molecule has 15 heteroatoms. The summed E-state index contributed by atoms with van der Waals surface area (Å²) >= 11 is 0. The molecule has 1 N–H and O–H groups in total. The van der Waals surface area contributed by atoms with E-state index in [9.17, 15) is 23.2 Å². The summed E-state index contributed by atoms with van der Waals surface area (Å²) in [5, 5.41) is 15.9. The minimum atomic E-state index is -4.20. The lowest BCUT2D eigenvalue weighted by Crippen LogP contribution is -2.44. The first-order chi connectivity index (χ1) is 23.8. The van der Waals surface area contributed by atoms with Crippen LogP contribution in [0.5, 0.6) is 17.4 Å². The molecule has 2 aromatic heterocycles. The second kappa shape index (κ2) is 12.1. The largest absolute Gasteiger partial charge is 0.454 e. The highest BCUT2D eigenvalue weighted by Gasteiger charge is 2.52. The monoisotopic (exact) mass is 685 g/mol. The molecule has 0 unspecified atom stereocenters. The fourth-order valence-electron chi connectivity index (χ4n) is 6.90. The van der Waals surface area contributed by atoms with Crippen LogP contribution in [-0.4, -0.2) is 66.3 Å². The van der Waals surface area contributed by atoms with Crippen molar-refractivity contribution in [3.05, 3.63) is 94.8 Å². The zero-order valence-corrected chi connectivity index (χ0v) is 26.9. The number of carbonyl (C=O) groups excluding carboxylic acids is 2. The molecule has 0 radical (unpaired) electrons. The zero-order chi connectivity index (χ0) is 33.7. The average Bonchev–Trinajstić information content (AvgIpc) is 3.88. The standard InChI is InChI=1S/C34H31N5O9S/c40-32-26-19-24-23-12-6-7-13-25(23)35-29(24)30(21-14-15-27-28(18-21)47-20-46-27)38(26)34(41)37(32)16-8-1-2-9-17-45-31-33(39(42)48-36-31)49(43,44)22-10-4-3-5-11-22/h3-7,10-15,18,26,30,35H,1-2,8-9,16-17,19-20H2/t26-,30+/m0/s1. The van der Waals surface area contributed by atoms with Crippen molar-refractivity contribution >= 4 is 32.7 Å². The van der Waals surface area contributed by atoms with E-state index in [4.69, 9.17) is 14.2 Å². The lowest BCUT2D eigenvalue weighted by molar-refractivity contribution is -0.832. The van der Waals surface area contributed by atoms with Gasteiger partial charge in [-0.1, -0.05) is 48.9 Å². The number of hydrogen-bond acceptors (Lipinski definition) is 10. The topological polar surface area (TPSA) is 171 Å². The number of urea groups is 1. The summed E-state index contributed by atoms with van der Waals surface area (Å²) in [7, 11) is -4.20. The van der Waals surface area contributed by atoms with Crippen molar-refractivity contribution < 1.29 is 41.7 Å². The van der Waals surface area contributed by atoms with Crippen molar-refractivity contribution in [1.29, 1.82) is 0 Å². The van der Waals surface area contributed by atoms with E-state index in [1.54, 1.807) is 23.1 Å². The van der Waals surface area contributed by atoms with Gasteiger partial charge in [0.2, 0.25) is 6.79 Å². The molecule has 252 valence electrons. The van der Waals surface area contributed by atoms with E-state index in [1.165, 1.54) is 17.0 Å². The van der Waals surface area contributed by atoms with Gasteiger partial charge in [-0.15, -0.1) is 0 Å². The number of unbranched alkanes of at least 4 members (excludes halogenated alkanes) is 3. The van der Waals surface area contributed by atoms with Gasteiger partial charge in [-0.05, 0) is 65.6 Å². The Bertz CT molecular complexity index is 2180. The minimum absolute atomic E-state index is 0.0847. The summed E-state index contributed by atoms with van der Waals surface area (Å²) < 4.78 is 47.1. The van der Waals surface area contributed by atoms with Crippen LogP contribution in [0.3, 0.4) is 0 Å². The fourth-order valence-corrected chi connectivity index (χ4v) is 8.19. The number of rotatable bonds is 11. The van der Waals surface area contributed by atoms with E-state index in [1.807, 2.05) is 42.5 Å². The van der Waals surface area contributed by atoms with E-state index in [0.717, 1.165) is 27.7 Å². The highest BCUT2D eigenvalue weighted by molar-refractivity contribution is 7.91. The number of aromatic amines is 1. The van der Waals surface area contributed by atoms with E-state index in [0.29, 0.717) is 43.6 Å². The molecular formula is C34H31N5O9S. The number of ether oxygens (including phenoxy) is 3. The second-order valence-electron chi connectivity index (χ2n) is 12.1. The molecule has 5 aromatic rings. The van der Waals surface area contributed by atoms with Crippen LogP contribution in [0.2, 0.25) is 0 Å². The smallest absolute Gasteiger partial charge is 0.414 e. The number of nitrogens with zero attached hydrogens (tertiary/aromatic N) is 4. The van der Waals surface area contributed by atoms with Gasteiger partial charge < -0.3 is 24.4 Å². The van der Waals surface area contributed by atoms with Crippen molar-refractivity contribution in [1.82, 2.24) is 19.9 Å². The Morgan fingerprint density at radius 3 is 2.59 bits per heavy atom. The molecule has 49 heavy (non-hydrogen) atoms. The maximum absolute atomic E-state index is 14.0. The quantitative estimate of drug-likeness (QED) is 0.120. The van der Waals surface area contributed by atoms with Gasteiger partial charge in [0.25, 0.3) is 15.7 Å². The Labute approximate surface area is 280 Å². The summed E-state index contributed by atoms with van der Waals surface area (Å²) in [5.74, 6) is 0.606. The van der Waals surface area contributed by atoms with Crippen molar-refractivity contribution in [3.8, 4) is 17.4 Å². The minimum Gasteiger partial charge on any atom is -0.454 e. The number of H-pyrrole nitrogens is 1. The maximum Gasteiger partial charge on any atom is 0.414 e. The van der Waals surface area contributed by atoms with E-state index < -0.39 is 32.8 Å². The first-order valence-electron chi connectivity index (χ1n) is 16.0. The predicted molar refractivity (Wildman–Crippen MR) is 170 cm³/mol. The van der Waals surface area contributed by atoms with Crippen molar-refractivity contribution in [2.75, 3.05) is 19.9 Å². The van der Waals surface area contributed by atoms with Gasteiger partial charge in [0.05, 0.1) is 16.7 Å². The number of imide groups is 1. The number of aromatic nitrogens is 3. The molecule has 3 aliphatic rings. The Balaban J connectivity index is 0.920. The van der Waals surface area contributed by atoms with Gasteiger partial charge in [0, 0.05) is 29.6 Å². The summed E-state index contributed by atoms with van der Waals surface area (Å²) in [6.07, 6.45) is 2.83. The number of hydrogen-bond donors (Lipinski definition) is 1. The molecule has 3 aliphatic heterocycles. The average molecular weight is 686 g/mol. The highest BCUT2D eigenvalue weighted by Crippen LogP contribution is 2.46. The van der Waals surface area contributed by atoms with Crippen LogP contribution < -0.4 is 19.1 Å². The summed E-state index contributed by atoms with van der Waals surface area (Å²) in [4.78, 5) is 34.1.